The number of nitrogens with zero attached hydrogens (tertiary/aromatic N) is 2. The standard InChI is InChI=1S/C22H25ClN4O2/c1-13-6-7-14(2)20(10-13)27-22(23)18(15(3)26-27)12-24-17-8-9-19(25-16(4)28)21(11-17)29-5/h6-11,24H,12H2,1-5H3,(H,25,28). The van der Waals surface area contributed by atoms with Gasteiger partial charge in [0.05, 0.1) is 24.2 Å². The number of aryl methyl sites for hydroxylation is 3. The van der Waals surface area contributed by atoms with Gasteiger partial charge >= 0.3 is 0 Å². The third-order valence-electron chi connectivity index (χ3n) is 4.70. The van der Waals surface area contributed by atoms with Crippen molar-refractivity contribution in [2.75, 3.05) is 17.7 Å². The molecule has 3 rings (SSSR count). The molecule has 1 heterocycles. The van der Waals surface area contributed by atoms with Crippen LogP contribution in [0.2, 0.25) is 5.15 Å². The molecule has 0 radical (unpaired) electrons. The van der Waals surface area contributed by atoms with E-state index in [1.54, 1.807) is 17.9 Å². The summed E-state index contributed by atoms with van der Waals surface area (Å²) in [6, 6.07) is 11.7. The predicted octanol–water partition coefficient (Wildman–Crippen LogP) is 5.03. The number of nitrogens with one attached hydrogen (secondary N) is 2. The highest BCUT2D eigenvalue weighted by molar-refractivity contribution is 6.30. The molecule has 0 aliphatic heterocycles. The average molecular weight is 413 g/mol. The van der Waals surface area contributed by atoms with Gasteiger partial charge in [0.25, 0.3) is 0 Å². The van der Waals surface area contributed by atoms with Crippen LogP contribution in [0.4, 0.5) is 11.4 Å². The average Bonchev–Trinajstić information content (AvgIpc) is 2.96. The monoisotopic (exact) mass is 412 g/mol. The van der Waals surface area contributed by atoms with Crippen LogP contribution in [-0.2, 0) is 11.3 Å². The molecular weight excluding hydrogens is 388 g/mol. The van der Waals surface area contributed by atoms with Gasteiger partial charge in [-0.25, -0.2) is 4.68 Å². The molecule has 2 N–H and O–H groups in total. The fourth-order valence-electron chi connectivity index (χ4n) is 3.12. The van der Waals surface area contributed by atoms with Gasteiger partial charge < -0.3 is 15.4 Å². The van der Waals surface area contributed by atoms with E-state index < -0.39 is 0 Å². The van der Waals surface area contributed by atoms with Crippen molar-refractivity contribution in [3.8, 4) is 11.4 Å². The summed E-state index contributed by atoms with van der Waals surface area (Å²) in [5, 5.41) is 11.3. The van der Waals surface area contributed by atoms with E-state index in [0.717, 1.165) is 33.8 Å². The number of ether oxygens (including phenoxy) is 1. The van der Waals surface area contributed by atoms with Crippen LogP contribution in [0, 0.1) is 20.8 Å². The molecule has 0 aliphatic rings. The zero-order valence-corrected chi connectivity index (χ0v) is 18.0. The molecule has 2 aromatic carbocycles. The number of benzene rings is 2. The van der Waals surface area contributed by atoms with Crippen molar-refractivity contribution < 1.29 is 9.53 Å². The zero-order chi connectivity index (χ0) is 21.1. The summed E-state index contributed by atoms with van der Waals surface area (Å²) in [5.41, 5.74) is 6.51. The van der Waals surface area contributed by atoms with Gasteiger partial charge in [0.15, 0.2) is 0 Å². The Bertz CT molecular complexity index is 1060. The molecule has 0 saturated heterocycles. The van der Waals surface area contributed by atoms with Crippen molar-refractivity contribution in [3.05, 3.63) is 63.9 Å². The summed E-state index contributed by atoms with van der Waals surface area (Å²) in [4.78, 5) is 11.3. The number of methoxy groups -OCH3 is 1. The lowest BCUT2D eigenvalue weighted by Crippen LogP contribution is -2.08. The number of anilines is 2. The molecule has 0 spiro atoms. The van der Waals surface area contributed by atoms with Gasteiger partial charge in [0.1, 0.15) is 10.9 Å². The predicted molar refractivity (Wildman–Crippen MR) is 117 cm³/mol. The Balaban J connectivity index is 1.84. The lowest BCUT2D eigenvalue weighted by molar-refractivity contribution is -0.114. The van der Waals surface area contributed by atoms with Crippen molar-refractivity contribution in [1.29, 1.82) is 0 Å². The number of rotatable bonds is 6. The molecule has 152 valence electrons. The molecule has 29 heavy (non-hydrogen) atoms. The van der Waals surface area contributed by atoms with E-state index in [1.807, 2.05) is 32.9 Å². The van der Waals surface area contributed by atoms with Gasteiger partial charge in [-0.1, -0.05) is 23.7 Å². The molecule has 6 nitrogen and oxygen atoms in total. The first kappa shape index (κ1) is 20.7. The van der Waals surface area contributed by atoms with E-state index in [9.17, 15) is 4.79 Å². The SMILES string of the molecule is COc1cc(NCc2c(C)nn(-c3cc(C)ccc3C)c2Cl)ccc1NC(C)=O. The maximum absolute atomic E-state index is 11.3. The maximum Gasteiger partial charge on any atom is 0.221 e. The van der Waals surface area contributed by atoms with E-state index >= 15 is 0 Å². The molecule has 7 heteroatoms. The van der Waals surface area contributed by atoms with E-state index in [4.69, 9.17) is 16.3 Å². The maximum atomic E-state index is 11.3. The van der Waals surface area contributed by atoms with Crippen molar-refractivity contribution in [2.24, 2.45) is 0 Å². The minimum absolute atomic E-state index is 0.148. The van der Waals surface area contributed by atoms with Crippen LogP contribution < -0.4 is 15.4 Å². The van der Waals surface area contributed by atoms with Gasteiger partial charge in [-0.3, -0.25) is 4.79 Å². The Labute approximate surface area is 175 Å². The van der Waals surface area contributed by atoms with Crippen LogP contribution >= 0.6 is 11.6 Å². The van der Waals surface area contributed by atoms with E-state index in [1.165, 1.54) is 6.92 Å². The number of hydrogen-bond acceptors (Lipinski definition) is 4. The molecule has 1 aromatic heterocycles. The van der Waals surface area contributed by atoms with Crippen LogP contribution in [0.15, 0.2) is 36.4 Å². The molecular formula is C22H25ClN4O2. The zero-order valence-electron chi connectivity index (χ0n) is 17.3. The molecule has 3 aromatic rings. The number of amides is 1. The third-order valence-corrected chi connectivity index (χ3v) is 5.08. The van der Waals surface area contributed by atoms with Gasteiger partial charge in [0.2, 0.25) is 5.91 Å². The summed E-state index contributed by atoms with van der Waals surface area (Å²) in [5.74, 6) is 0.435. The van der Waals surface area contributed by atoms with Crippen LogP contribution in [0.5, 0.6) is 5.75 Å². The minimum atomic E-state index is -0.148. The highest BCUT2D eigenvalue weighted by Crippen LogP contribution is 2.30. The van der Waals surface area contributed by atoms with Gasteiger partial charge in [-0.2, -0.15) is 5.10 Å². The highest BCUT2D eigenvalue weighted by atomic mass is 35.5. The number of halogens is 1. The van der Waals surface area contributed by atoms with Gasteiger partial charge in [-0.05, 0) is 50.1 Å². The van der Waals surface area contributed by atoms with Crippen LogP contribution in [0.3, 0.4) is 0 Å². The van der Waals surface area contributed by atoms with Crippen molar-refractivity contribution in [2.45, 2.75) is 34.2 Å². The molecule has 0 atom stereocenters. The quantitative estimate of drug-likeness (QED) is 0.595. The topological polar surface area (TPSA) is 68.2 Å². The molecule has 0 aliphatic carbocycles. The molecule has 0 bridgehead atoms. The Morgan fingerprint density at radius 2 is 1.93 bits per heavy atom. The van der Waals surface area contributed by atoms with Crippen molar-refractivity contribution >= 4 is 28.9 Å². The number of carbonyl (C=O) groups is 1. The fourth-order valence-corrected chi connectivity index (χ4v) is 3.46. The van der Waals surface area contributed by atoms with Crippen molar-refractivity contribution in [3.63, 3.8) is 0 Å². The van der Waals surface area contributed by atoms with E-state index in [-0.39, 0.29) is 5.91 Å². The van der Waals surface area contributed by atoms with Crippen LogP contribution in [0.1, 0.15) is 29.3 Å². The van der Waals surface area contributed by atoms with Crippen LogP contribution in [0.25, 0.3) is 5.69 Å². The first-order valence-electron chi connectivity index (χ1n) is 9.31. The minimum Gasteiger partial charge on any atom is -0.494 e. The number of aromatic nitrogens is 2. The second-order valence-corrected chi connectivity index (χ2v) is 7.36. The highest BCUT2D eigenvalue weighted by Gasteiger charge is 2.16. The lowest BCUT2D eigenvalue weighted by Gasteiger charge is -2.12. The first-order valence-corrected chi connectivity index (χ1v) is 9.69. The molecule has 0 saturated carbocycles. The van der Waals surface area contributed by atoms with Crippen molar-refractivity contribution in [1.82, 2.24) is 9.78 Å². The summed E-state index contributed by atoms with van der Waals surface area (Å²) in [7, 11) is 1.57. The van der Waals surface area contributed by atoms with Gasteiger partial charge in [0, 0.05) is 30.8 Å². The third kappa shape index (κ3) is 4.54. The van der Waals surface area contributed by atoms with Gasteiger partial charge in [-0.15, -0.1) is 0 Å². The summed E-state index contributed by atoms with van der Waals surface area (Å²) in [6.07, 6.45) is 0. The number of carbonyl (C=O) groups excluding carboxylic acids is 1. The molecule has 0 fully saturated rings. The van der Waals surface area contributed by atoms with E-state index in [2.05, 4.69) is 33.9 Å². The smallest absolute Gasteiger partial charge is 0.221 e. The summed E-state index contributed by atoms with van der Waals surface area (Å²) in [6.45, 7) is 8.02. The molecule has 1 amide bonds. The first-order chi connectivity index (χ1) is 13.8. The second kappa shape index (κ2) is 8.57. The number of hydrogen-bond donors (Lipinski definition) is 2. The summed E-state index contributed by atoms with van der Waals surface area (Å²) < 4.78 is 7.16. The largest absolute Gasteiger partial charge is 0.494 e. The Morgan fingerprint density at radius 3 is 2.62 bits per heavy atom. The fraction of sp³-hybridized carbons (Fsp3) is 0.273. The normalized spacial score (nSPS) is 10.7. The lowest BCUT2D eigenvalue weighted by atomic mass is 10.1. The second-order valence-electron chi connectivity index (χ2n) is 7.01. The summed E-state index contributed by atoms with van der Waals surface area (Å²) >= 11 is 6.68. The van der Waals surface area contributed by atoms with Crippen LogP contribution in [-0.4, -0.2) is 22.8 Å². The Kier molecular flexibility index (Phi) is 6.13. The Hall–Kier alpha value is -2.99. The Morgan fingerprint density at radius 1 is 1.17 bits per heavy atom. The molecule has 0 unspecified atom stereocenters. The van der Waals surface area contributed by atoms with E-state index in [0.29, 0.717) is 23.1 Å².